The number of aromatic nitrogens is 5. The average Bonchev–Trinajstić information content (AvgIpc) is 3.09. The third-order valence-electron chi connectivity index (χ3n) is 3.31. The number of nitrogens with zero attached hydrogens (tertiary/aromatic N) is 6. The Labute approximate surface area is 132 Å². The highest BCUT2D eigenvalue weighted by Crippen LogP contribution is 2.21. The van der Waals surface area contributed by atoms with E-state index in [1.54, 1.807) is 9.36 Å². The van der Waals surface area contributed by atoms with Crippen LogP contribution < -0.4 is 0 Å². The Balaban J connectivity index is 1.85. The van der Waals surface area contributed by atoms with Crippen LogP contribution in [0.3, 0.4) is 0 Å². The molecule has 0 saturated heterocycles. The van der Waals surface area contributed by atoms with Crippen molar-refractivity contribution in [1.29, 1.82) is 5.26 Å². The minimum atomic E-state index is 0.144. The normalized spacial score (nSPS) is 10.6. The molecular weight excluding hydrogens is 300 g/mol. The lowest BCUT2D eigenvalue weighted by Crippen LogP contribution is -2.03. The molecule has 0 fully saturated rings. The third kappa shape index (κ3) is 2.85. The summed E-state index contributed by atoms with van der Waals surface area (Å²) in [5, 5.41) is 17.9. The van der Waals surface area contributed by atoms with Crippen LogP contribution in [-0.2, 0) is 13.1 Å². The summed E-state index contributed by atoms with van der Waals surface area (Å²) in [6.07, 6.45) is 1.52. The Morgan fingerprint density at radius 2 is 1.95 bits per heavy atom. The molecule has 3 aromatic rings. The van der Waals surface area contributed by atoms with Gasteiger partial charge < -0.3 is 0 Å². The summed E-state index contributed by atoms with van der Waals surface area (Å²) in [6.45, 7) is 2.96. The van der Waals surface area contributed by atoms with Crippen LogP contribution in [0.4, 0.5) is 0 Å². The summed E-state index contributed by atoms with van der Waals surface area (Å²) in [5.41, 5.74) is 2.85. The first-order chi connectivity index (χ1) is 10.7. The molecule has 3 rings (SSSR count). The number of hydrogen-bond acceptors (Lipinski definition) is 4. The van der Waals surface area contributed by atoms with E-state index in [4.69, 9.17) is 16.9 Å². The topological polar surface area (TPSA) is 72.3 Å². The van der Waals surface area contributed by atoms with Gasteiger partial charge in [-0.25, -0.2) is 14.3 Å². The molecule has 0 saturated carbocycles. The van der Waals surface area contributed by atoms with Gasteiger partial charge in [-0.3, -0.25) is 0 Å². The third-order valence-corrected chi connectivity index (χ3v) is 3.74. The lowest BCUT2D eigenvalue weighted by Gasteiger charge is -2.04. The fourth-order valence-corrected chi connectivity index (χ4v) is 2.51. The first-order valence-corrected chi connectivity index (χ1v) is 7.10. The standard InChI is InChI=1S/C15H13ClN6/c1-11-13(9-21-10-18-14(7-17)20-21)15(16)22(19-11)8-12-5-3-2-4-6-12/h2-6,10H,8-9H2,1H3. The molecule has 0 atom stereocenters. The monoisotopic (exact) mass is 312 g/mol. The van der Waals surface area contributed by atoms with Crippen molar-refractivity contribution in [3.63, 3.8) is 0 Å². The summed E-state index contributed by atoms with van der Waals surface area (Å²) in [7, 11) is 0. The molecule has 7 heteroatoms. The second kappa shape index (κ2) is 6.00. The molecule has 0 aliphatic heterocycles. The van der Waals surface area contributed by atoms with E-state index in [0.29, 0.717) is 18.2 Å². The van der Waals surface area contributed by atoms with Crippen molar-refractivity contribution in [2.24, 2.45) is 0 Å². The fourth-order valence-electron chi connectivity index (χ4n) is 2.22. The number of aryl methyl sites for hydroxylation is 1. The summed E-state index contributed by atoms with van der Waals surface area (Å²) < 4.78 is 3.35. The van der Waals surface area contributed by atoms with E-state index < -0.39 is 0 Å². The van der Waals surface area contributed by atoms with Gasteiger partial charge in [-0.2, -0.15) is 10.4 Å². The maximum atomic E-state index is 8.76. The summed E-state index contributed by atoms with van der Waals surface area (Å²) in [6, 6.07) is 11.9. The summed E-state index contributed by atoms with van der Waals surface area (Å²) >= 11 is 6.44. The van der Waals surface area contributed by atoms with Gasteiger partial charge in [0, 0.05) is 5.56 Å². The van der Waals surface area contributed by atoms with Gasteiger partial charge in [0.05, 0.1) is 18.8 Å². The zero-order valence-electron chi connectivity index (χ0n) is 11.9. The lowest BCUT2D eigenvalue weighted by atomic mass is 10.2. The van der Waals surface area contributed by atoms with Gasteiger partial charge in [0.1, 0.15) is 17.5 Å². The van der Waals surface area contributed by atoms with Crippen LogP contribution in [0.5, 0.6) is 0 Å². The number of hydrogen-bond donors (Lipinski definition) is 0. The number of benzene rings is 1. The molecule has 0 aliphatic carbocycles. The molecule has 110 valence electrons. The SMILES string of the molecule is Cc1nn(Cc2ccccc2)c(Cl)c1Cn1cnc(C#N)n1. The van der Waals surface area contributed by atoms with Crippen LogP contribution in [0.15, 0.2) is 36.7 Å². The molecule has 22 heavy (non-hydrogen) atoms. The van der Waals surface area contributed by atoms with E-state index in [-0.39, 0.29) is 5.82 Å². The number of rotatable bonds is 4. The minimum absolute atomic E-state index is 0.144. The second-order valence-electron chi connectivity index (χ2n) is 4.88. The largest absolute Gasteiger partial charge is 0.252 e. The van der Waals surface area contributed by atoms with E-state index in [1.165, 1.54) is 6.33 Å². The number of halogens is 1. The fraction of sp³-hybridized carbons (Fsp3) is 0.200. The van der Waals surface area contributed by atoms with Gasteiger partial charge in [-0.15, -0.1) is 5.10 Å². The zero-order valence-corrected chi connectivity index (χ0v) is 12.7. The van der Waals surface area contributed by atoms with Gasteiger partial charge >= 0.3 is 0 Å². The highest BCUT2D eigenvalue weighted by Gasteiger charge is 2.15. The van der Waals surface area contributed by atoms with Crippen molar-refractivity contribution in [3.05, 3.63) is 64.5 Å². The van der Waals surface area contributed by atoms with E-state index in [1.807, 2.05) is 43.3 Å². The first kappa shape index (κ1) is 14.3. The van der Waals surface area contributed by atoms with Gasteiger partial charge in [-0.05, 0) is 12.5 Å². The Hall–Kier alpha value is -2.65. The lowest BCUT2D eigenvalue weighted by molar-refractivity contribution is 0.672. The zero-order chi connectivity index (χ0) is 15.5. The molecule has 0 aliphatic rings. The van der Waals surface area contributed by atoms with Crippen LogP contribution in [0.25, 0.3) is 0 Å². The van der Waals surface area contributed by atoms with Gasteiger partial charge in [0.15, 0.2) is 0 Å². The van der Waals surface area contributed by atoms with Crippen molar-refractivity contribution in [1.82, 2.24) is 24.5 Å². The van der Waals surface area contributed by atoms with Crippen molar-refractivity contribution >= 4 is 11.6 Å². The molecule has 0 bridgehead atoms. The molecule has 2 aromatic heterocycles. The van der Waals surface area contributed by atoms with Crippen LogP contribution in [0.2, 0.25) is 5.15 Å². The summed E-state index contributed by atoms with van der Waals surface area (Å²) in [5.74, 6) is 0.144. The Morgan fingerprint density at radius 3 is 2.64 bits per heavy atom. The van der Waals surface area contributed by atoms with E-state index >= 15 is 0 Å². The molecule has 0 amide bonds. The van der Waals surface area contributed by atoms with Crippen molar-refractivity contribution in [3.8, 4) is 6.07 Å². The number of nitriles is 1. The van der Waals surface area contributed by atoms with Gasteiger partial charge in [0.25, 0.3) is 5.82 Å². The van der Waals surface area contributed by atoms with Crippen LogP contribution in [0.1, 0.15) is 22.6 Å². The average molecular weight is 313 g/mol. The van der Waals surface area contributed by atoms with Crippen molar-refractivity contribution < 1.29 is 0 Å². The highest BCUT2D eigenvalue weighted by atomic mass is 35.5. The molecule has 0 unspecified atom stereocenters. The van der Waals surface area contributed by atoms with E-state index in [2.05, 4.69) is 15.2 Å². The predicted molar refractivity (Wildman–Crippen MR) is 81.4 cm³/mol. The highest BCUT2D eigenvalue weighted by molar-refractivity contribution is 6.30. The molecule has 2 heterocycles. The maximum absolute atomic E-state index is 8.76. The Bertz CT molecular complexity index is 828. The van der Waals surface area contributed by atoms with E-state index in [0.717, 1.165) is 16.8 Å². The smallest absolute Gasteiger partial charge is 0.249 e. The van der Waals surface area contributed by atoms with Crippen molar-refractivity contribution in [2.45, 2.75) is 20.0 Å². The second-order valence-corrected chi connectivity index (χ2v) is 5.23. The van der Waals surface area contributed by atoms with Crippen LogP contribution >= 0.6 is 11.6 Å². The van der Waals surface area contributed by atoms with Crippen LogP contribution in [0, 0.1) is 18.3 Å². The molecular formula is C15H13ClN6. The quantitative estimate of drug-likeness (QED) is 0.741. The molecule has 1 aromatic carbocycles. The first-order valence-electron chi connectivity index (χ1n) is 6.72. The Kier molecular flexibility index (Phi) is 3.90. The van der Waals surface area contributed by atoms with Crippen molar-refractivity contribution in [2.75, 3.05) is 0 Å². The molecule has 6 nitrogen and oxygen atoms in total. The van der Waals surface area contributed by atoms with Crippen LogP contribution in [-0.4, -0.2) is 24.5 Å². The minimum Gasteiger partial charge on any atom is -0.249 e. The van der Waals surface area contributed by atoms with Gasteiger partial charge in [-0.1, -0.05) is 41.9 Å². The Morgan fingerprint density at radius 1 is 1.18 bits per heavy atom. The molecule has 0 radical (unpaired) electrons. The molecule has 0 spiro atoms. The predicted octanol–water partition coefficient (Wildman–Crippen LogP) is 2.40. The summed E-state index contributed by atoms with van der Waals surface area (Å²) in [4.78, 5) is 3.89. The maximum Gasteiger partial charge on any atom is 0.252 e. The molecule has 0 N–H and O–H groups in total. The van der Waals surface area contributed by atoms with E-state index in [9.17, 15) is 0 Å². The van der Waals surface area contributed by atoms with Gasteiger partial charge in [0.2, 0.25) is 0 Å².